The van der Waals surface area contributed by atoms with E-state index in [1.54, 1.807) is 42.3 Å². The van der Waals surface area contributed by atoms with Gasteiger partial charge in [-0.1, -0.05) is 0 Å². The summed E-state index contributed by atoms with van der Waals surface area (Å²) >= 11 is 0. The Morgan fingerprint density at radius 1 is 0.537 bits per heavy atom. The summed E-state index contributed by atoms with van der Waals surface area (Å²) in [6.07, 6.45) is 0. The number of benzene rings is 3. The molecule has 3 aromatic carbocycles. The zero-order valence-electron chi connectivity index (χ0n) is 22.9. The van der Waals surface area contributed by atoms with Crippen LogP contribution in [0.15, 0.2) is 54.6 Å². The molecule has 0 unspecified atom stereocenters. The Hall–Kier alpha value is -5.11. The van der Waals surface area contributed by atoms with Crippen LogP contribution in [0.2, 0.25) is 0 Å². The van der Waals surface area contributed by atoms with E-state index >= 15 is 0 Å². The van der Waals surface area contributed by atoms with Crippen molar-refractivity contribution in [3.8, 4) is 17.2 Å². The number of nitro groups is 3. The molecule has 0 atom stereocenters. The van der Waals surface area contributed by atoms with Crippen LogP contribution in [0.25, 0.3) is 0 Å². The summed E-state index contributed by atoms with van der Waals surface area (Å²) in [6, 6.07) is 10.7. The van der Waals surface area contributed by atoms with Crippen molar-refractivity contribution in [3.05, 3.63) is 84.9 Å². The van der Waals surface area contributed by atoms with E-state index in [2.05, 4.69) is 0 Å². The number of phosphoric acid groups is 1. The molecule has 0 aliphatic carbocycles. The van der Waals surface area contributed by atoms with Gasteiger partial charge in [0.1, 0.15) is 0 Å². The van der Waals surface area contributed by atoms with Gasteiger partial charge in [-0.3, -0.25) is 30.3 Å². The van der Waals surface area contributed by atoms with E-state index in [4.69, 9.17) is 13.6 Å². The quantitative estimate of drug-likeness (QED) is 0.151. The van der Waals surface area contributed by atoms with E-state index in [1.807, 2.05) is 0 Å². The predicted octanol–water partition coefficient (Wildman–Crippen LogP) is 5.25. The fourth-order valence-corrected chi connectivity index (χ4v) is 4.85. The van der Waals surface area contributed by atoms with Gasteiger partial charge in [0.25, 0.3) is 17.1 Å². The summed E-state index contributed by atoms with van der Waals surface area (Å²) in [7, 11) is 4.71. The van der Waals surface area contributed by atoms with Crippen molar-refractivity contribution >= 4 is 41.9 Å². The summed E-state index contributed by atoms with van der Waals surface area (Å²) in [4.78, 5) is 36.7. The highest BCUT2D eigenvalue weighted by Gasteiger charge is 2.37. The molecule has 0 saturated heterocycles. The number of nitro benzene ring substituents is 3. The Morgan fingerprint density at radius 2 is 0.780 bits per heavy atom. The van der Waals surface area contributed by atoms with Gasteiger partial charge in [-0.2, -0.15) is 4.57 Å². The Bertz CT molecular complexity index is 1370. The van der Waals surface area contributed by atoms with Crippen LogP contribution >= 0.6 is 7.82 Å². The molecule has 0 heterocycles. The summed E-state index contributed by atoms with van der Waals surface area (Å²) < 4.78 is 31.8. The zero-order chi connectivity index (χ0) is 30.6. The van der Waals surface area contributed by atoms with Gasteiger partial charge < -0.3 is 28.3 Å². The number of phosphoric ester groups is 1. The van der Waals surface area contributed by atoms with E-state index in [0.717, 1.165) is 18.2 Å². The van der Waals surface area contributed by atoms with Gasteiger partial charge in [-0.15, -0.1) is 0 Å². The second-order valence-corrected chi connectivity index (χ2v) is 10.6. The summed E-state index contributed by atoms with van der Waals surface area (Å²) in [5.41, 5.74) is -0.270. The van der Waals surface area contributed by atoms with Crippen LogP contribution in [-0.2, 0) is 4.57 Å². The van der Waals surface area contributed by atoms with Crippen LogP contribution in [0.3, 0.4) is 0 Å². The number of rotatable bonds is 12. The molecule has 3 aromatic rings. The largest absolute Gasteiger partial charge is 0.647 e. The predicted molar refractivity (Wildman–Crippen MR) is 152 cm³/mol. The molecule has 0 amide bonds. The summed E-state index contributed by atoms with van der Waals surface area (Å²) in [5, 5.41) is 34.0. The summed E-state index contributed by atoms with van der Waals surface area (Å²) in [6.45, 7) is 0. The average Bonchev–Trinajstić information content (AvgIpc) is 2.88. The SMILES string of the molecule is CN(C)c1cc([N+](=O)[O-])ccc1OP(=O)(Oc1ccc([N+](=O)[O-])cc1N(C)C)Oc1ccc([N+](=O)[O-])cc1N(C)C. The first-order chi connectivity index (χ1) is 19.1. The lowest BCUT2D eigenvalue weighted by molar-refractivity contribution is -0.385. The average molecular weight is 590 g/mol. The van der Waals surface area contributed by atoms with Crippen molar-refractivity contribution in [3.63, 3.8) is 0 Å². The lowest BCUT2D eigenvalue weighted by Gasteiger charge is -2.26. The number of nitrogens with zero attached hydrogens (tertiary/aromatic N) is 6. The van der Waals surface area contributed by atoms with Gasteiger partial charge in [0.2, 0.25) is 0 Å². The third-order valence-corrected chi connectivity index (χ3v) is 6.80. The molecular weight excluding hydrogens is 563 g/mol. The molecule has 218 valence electrons. The number of anilines is 3. The van der Waals surface area contributed by atoms with Crippen molar-refractivity contribution in [1.29, 1.82) is 0 Å². The van der Waals surface area contributed by atoms with E-state index in [-0.39, 0.29) is 51.4 Å². The Balaban J connectivity index is 2.19. The fourth-order valence-electron chi connectivity index (χ4n) is 3.56. The standard InChI is InChI=1S/C24H27N6O10P/c1-25(2)19-13-16(28(31)32)7-10-22(19)38-41(37,39-23-11-8-17(29(33)34)14-20(23)26(3)4)40-24-12-9-18(30(35)36)15-21(24)27(5)6/h7-15H,1-6H3. The minimum atomic E-state index is -4.79. The van der Waals surface area contributed by atoms with Crippen LogP contribution in [0.5, 0.6) is 17.2 Å². The molecule has 0 spiro atoms. The first kappa shape index (κ1) is 30.4. The molecule has 0 saturated carbocycles. The van der Waals surface area contributed by atoms with Gasteiger partial charge in [-0.25, -0.2) is 0 Å². The molecule has 0 aliphatic rings. The normalized spacial score (nSPS) is 10.9. The van der Waals surface area contributed by atoms with Crippen LogP contribution in [0.1, 0.15) is 0 Å². The Labute approximate surface area is 234 Å². The highest BCUT2D eigenvalue weighted by molar-refractivity contribution is 7.49. The summed E-state index contributed by atoms with van der Waals surface area (Å²) in [5.74, 6) is -0.318. The first-order valence-electron chi connectivity index (χ1n) is 11.7. The topological polar surface area (TPSA) is 184 Å². The molecule has 16 nitrogen and oxygen atoms in total. The second kappa shape index (κ2) is 12.0. The molecule has 0 aliphatic heterocycles. The molecule has 0 radical (unpaired) electrons. The molecule has 0 N–H and O–H groups in total. The maximum atomic E-state index is 14.4. The lowest BCUT2D eigenvalue weighted by Crippen LogP contribution is -2.16. The maximum Gasteiger partial charge on any atom is 0.647 e. The smallest absolute Gasteiger partial charge is 0.384 e. The minimum Gasteiger partial charge on any atom is -0.384 e. The monoisotopic (exact) mass is 590 g/mol. The van der Waals surface area contributed by atoms with Crippen molar-refractivity contribution in [1.82, 2.24) is 0 Å². The van der Waals surface area contributed by atoms with Crippen LogP contribution in [-0.4, -0.2) is 57.1 Å². The molecule has 0 aromatic heterocycles. The van der Waals surface area contributed by atoms with E-state index in [9.17, 15) is 34.9 Å². The van der Waals surface area contributed by atoms with Gasteiger partial charge in [0.15, 0.2) is 17.2 Å². The number of hydrogen-bond acceptors (Lipinski definition) is 13. The third-order valence-electron chi connectivity index (χ3n) is 5.54. The minimum absolute atomic E-state index is 0.106. The van der Waals surface area contributed by atoms with E-state index in [1.165, 1.54) is 51.1 Å². The Kier molecular flexibility index (Phi) is 8.88. The van der Waals surface area contributed by atoms with Crippen molar-refractivity contribution in [2.75, 3.05) is 57.0 Å². The second-order valence-electron chi connectivity index (χ2n) is 9.13. The molecular formula is C24H27N6O10P. The van der Waals surface area contributed by atoms with Crippen LogP contribution in [0, 0.1) is 30.3 Å². The van der Waals surface area contributed by atoms with Crippen molar-refractivity contribution < 1.29 is 32.9 Å². The van der Waals surface area contributed by atoms with E-state index < -0.39 is 22.6 Å². The molecule has 0 fully saturated rings. The Morgan fingerprint density at radius 3 is 0.976 bits per heavy atom. The molecule has 3 rings (SSSR count). The fraction of sp³-hybridized carbons (Fsp3) is 0.250. The van der Waals surface area contributed by atoms with Crippen LogP contribution < -0.4 is 28.3 Å². The lowest BCUT2D eigenvalue weighted by atomic mass is 10.2. The molecule has 17 heteroatoms. The highest BCUT2D eigenvalue weighted by atomic mass is 31.2. The van der Waals surface area contributed by atoms with Crippen molar-refractivity contribution in [2.24, 2.45) is 0 Å². The zero-order valence-corrected chi connectivity index (χ0v) is 23.8. The van der Waals surface area contributed by atoms with Gasteiger partial charge in [-0.05, 0) is 18.2 Å². The molecule has 41 heavy (non-hydrogen) atoms. The number of hydrogen-bond donors (Lipinski definition) is 0. The van der Waals surface area contributed by atoms with Gasteiger partial charge >= 0.3 is 7.82 Å². The van der Waals surface area contributed by atoms with Gasteiger partial charge in [0, 0.05) is 78.7 Å². The van der Waals surface area contributed by atoms with Crippen molar-refractivity contribution in [2.45, 2.75) is 0 Å². The van der Waals surface area contributed by atoms with Gasteiger partial charge in [0.05, 0.1) is 31.8 Å². The molecule has 0 bridgehead atoms. The van der Waals surface area contributed by atoms with E-state index in [0.29, 0.717) is 0 Å². The first-order valence-corrected chi connectivity index (χ1v) is 13.1. The van der Waals surface area contributed by atoms with Crippen LogP contribution in [0.4, 0.5) is 34.1 Å². The maximum absolute atomic E-state index is 14.4. The third kappa shape index (κ3) is 7.10. The number of non-ortho nitro benzene ring substituents is 3. The highest BCUT2D eigenvalue weighted by Crippen LogP contribution is 2.55.